The number of anilines is 1. The average Bonchev–Trinajstić information content (AvgIpc) is 2.79. The van der Waals surface area contributed by atoms with Crippen molar-refractivity contribution >= 4 is 28.6 Å². The molecule has 0 saturated carbocycles. The van der Waals surface area contributed by atoms with Crippen molar-refractivity contribution in [3.8, 4) is 0 Å². The maximum absolute atomic E-state index is 13.1. The number of carboxylic acids is 1. The first-order valence-electron chi connectivity index (χ1n) is 10.6. The lowest BCUT2D eigenvalue weighted by molar-refractivity contribution is 0.0694. The molecule has 0 saturated heterocycles. The predicted molar refractivity (Wildman–Crippen MR) is 118 cm³/mol. The Labute approximate surface area is 178 Å². The maximum Gasteiger partial charge on any atom is 0.341 e. The number of aromatic nitrogens is 1. The smallest absolute Gasteiger partial charge is 0.341 e. The van der Waals surface area contributed by atoms with E-state index in [9.17, 15) is 19.5 Å². The summed E-state index contributed by atoms with van der Waals surface area (Å²) in [7, 11) is 0. The van der Waals surface area contributed by atoms with Crippen molar-refractivity contribution in [2.24, 2.45) is 0 Å². The Bertz CT molecular complexity index is 1260. The van der Waals surface area contributed by atoms with Crippen LogP contribution in [0.2, 0.25) is 0 Å². The molecule has 3 aromatic rings. The molecule has 0 radical (unpaired) electrons. The first kappa shape index (κ1) is 19.4. The minimum absolute atomic E-state index is 0.151. The van der Waals surface area contributed by atoms with Gasteiger partial charge < -0.3 is 15.0 Å². The molecule has 7 heteroatoms. The number of nitrogens with zero attached hydrogens (tertiary/aromatic N) is 2. The minimum Gasteiger partial charge on any atom is -0.477 e. The zero-order valence-electron chi connectivity index (χ0n) is 17.1. The molecule has 2 aromatic carbocycles. The van der Waals surface area contributed by atoms with Gasteiger partial charge in [0.15, 0.2) is 0 Å². The lowest BCUT2D eigenvalue weighted by Gasteiger charge is -2.34. The van der Waals surface area contributed by atoms with Gasteiger partial charge in [0, 0.05) is 36.8 Å². The quantitative estimate of drug-likeness (QED) is 0.684. The molecule has 3 heterocycles. The van der Waals surface area contributed by atoms with Gasteiger partial charge in [-0.05, 0) is 42.9 Å². The Kier molecular flexibility index (Phi) is 4.73. The number of aromatic carboxylic acids is 1. The zero-order valence-corrected chi connectivity index (χ0v) is 17.1. The molecule has 2 N–H and O–H groups in total. The molecule has 2 aliphatic heterocycles. The van der Waals surface area contributed by atoms with Crippen molar-refractivity contribution in [3.63, 3.8) is 0 Å². The van der Waals surface area contributed by atoms with E-state index >= 15 is 0 Å². The minimum atomic E-state index is -1.21. The fourth-order valence-electron chi connectivity index (χ4n) is 4.83. The highest BCUT2D eigenvalue weighted by molar-refractivity contribution is 6.01. The Balaban J connectivity index is 1.60. The van der Waals surface area contributed by atoms with Crippen molar-refractivity contribution in [2.45, 2.75) is 38.8 Å². The van der Waals surface area contributed by atoms with Crippen LogP contribution in [-0.4, -0.2) is 28.2 Å². The van der Waals surface area contributed by atoms with Crippen LogP contribution in [0.1, 0.15) is 39.9 Å². The van der Waals surface area contributed by atoms with Gasteiger partial charge in [0.1, 0.15) is 5.56 Å². The van der Waals surface area contributed by atoms with Crippen LogP contribution in [0.3, 0.4) is 0 Å². The van der Waals surface area contributed by atoms with Crippen LogP contribution in [0.4, 0.5) is 10.5 Å². The van der Waals surface area contributed by atoms with Crippen molar-refractivity contribution in [1.82, 2.24) is 9.88 Å². The van der Waals surface area contributed by atoms with Gasteiger partial charge in [0.25, 0.3) is 0 Å². The van der Waals surface area contributed by atoms with E-state index in [1.165, 1.54) is 6.20 Å². The third-order valence-corrected chi connectivity index (χ3v) is 6.20. The Morgan fingerprint density at radius 3 is 2.61 bits per heavy atom. The third kappa shape index (κ3) is 3.26. The summed E-state index contributed by atoms with van der Waals surface area (Å²) in [5.74, 6) is -1.21. The normalized spacial score (nSPS) is 14.9. The third-order valence-electron chi connectivity index (χ3n) is 6.20. The van der Waals surface area contributed by atoms with Gasteiger partial charge in [-0.25, -0.2) is 9.59 Å². The summed E-state index contributed by atoms with van der Waals surface area (Å²) in [6.07, 6.45) is 4.60. The van der Waals surface area contributed by atoms with Crippen molar-refractivity contribution in [2.75, 3.05) is 11.4 Å². The molecule has 2 aliphatic rings. The van der Waals surface area contributed by atoms with E-state index in [1.54, 1.807) is 11.0 Å². The second-order valence-electron chi connectivity index (χ2n) is 8.13. The number of pyridine rings is 1. The first-order chi connectivity index (χ1) is 15.0. The number of carbonyl (C=O) groups excluding carboxylic acids is 1. The molecule has 1 aromatic heterocycles. The number of benzene rings is 2. The summed E-state index contributed by atoms with van der Waals surface area (Å²) in [4.78, 5) is 39.4. The number of hydrogen-bond donors (Lipinski definition) is 2. The molecule has 0 aliphatic carbocycles. The highest BCUT2D eigenvalue weighted by Gasteiger charge is 2.30. The Morgan fingerprint density at radius 2 is 1.84 bits per heavy atom. The van der Waals surface area contributed by atoms with Crippen LogP contribution in [0.15, 0.2) is 47.4 Å². The van der Waals surface area contributed by atoms with Gasteiger partial charge in [0.2, 0.25) is 5.43 Å². The summed E-state index contributed by atoms with van der Waals surface area (Å²) in [5.41, 5.74) is 3.95. The number of aryl methyl sites for hydroxylation is 3. The van der Waals surface area contributed by atoms with Crippen LogP contribution >= 0.6 is 0 Å². The van der Waals surface area contributed by atoms with E-state index in [0.717, 1.165) is 53.6 Å². The fourth-order valence-corrected chi connectivity index (χ4v) is 4.83. The van der Waals surface area contributed by atoms with Crippen LogP contribution < -0.4 is 15.6 Å². The van der Waals surface area contributed by atoms with Gasteiger partial charge in [-0.1, -0.05) is 30.3 Å². The molecule has 2 amide bonds. The highest BCUT2D eigenvalue weighted by atomic mass is 16.4. The number of fused-ring (bicyclic) bond motifs is 2. The van der Waals surface area contributed by atoms with E-state index in [-0.39, 0.29) is 11.6 Å². The molecule has 0 unspecified atom stereocenters. The van der Waals surface area contributed by atoms with Gasteiger partial charge in [-0.15, -0.1) is 0 Å². The SMILES string of the molecule is O=C(O)c1cn2c3c(c4c(cc3c1=O)CCCN4C(=O)NCc1ccccc1)CCC2. The summed E-state index contributed by atoms with van der Waals surface area (Å²) < 4.78 is 1.87. The van der Waals surface area contributed by atoms with E-state index in [4.69, 9.17) is 0 Å². The number of nitrogens with one attached hydrogen (secondary N) is 1. The van der Waals surface area contributed by atoms with E-state index in [0.29, 0.717) is 25.0 Å². The van der Waals surface area contributed by atoms with Gasteiger partial charge in [-0.2, -0.15) is 0 Å². The number of carboxylic acid groups (broad SMARTS) is 1. The molecule has 7 nitrogen and oxygen atoms in total. The molecule has 5 rings (SSSR count). The van der Waals surface area contributed by atoms with Crippen molar-refractivity contribution in [1.29, 1.82) is 0 Å². The lowest BCUT2D eigenvalue weighted by Crippen LogP contribution is -2.43. The lowest BCUT2D eigenvalue weighted by atomic mass is 9.90. The van der Waals surface area contributed by atoms with Gasteiger partial charge >= 0.3 is 12.0 Å². The Morgan fingerprint density at radius 1 is 1.06 bits per heavy atom. The summed E-state index contributed by atoms with van der Waals surface area (Å²) in [6, 6.07) is 11.4. The van der Waals surface area contributed by atoms with E-state index in [1.807, 2.05) is 34.9 Å². The van der Waals surface area contributed by atoms with E-state index < -0.39 is 11.4 Å². The number of hydrogen-bond acceptors (Lipinski definition) is 3. The standard InChI is InChI=1S/C24H23N3O4/c28-22-18-12-16-8-4-11-27(24(31)25-13-15-6-2-1-3-7-15)20(16)17-9-5-10-26(21(17)18)14-19(22)23(29)30/h1-3,6-7,12,14H,4-5,8-11,13H2,(H,25,31)(H,29,30). The largest absolute Gasteiger partial charge is 0.477 e. The monoisotopic (exact) mass is 417 g/mol. The van der Waals surface area contributed by atoms with Crippen LogP contribution in [0, 0.1) is 0 Å². The van der Waals surface area contributed by atoms with Crippen LogP contribution in [0.5, 0.6) is 0 Å². The molecule has 0 spiro atoms. The second kappa shape index (κ2) is 7.58. The van der Waals surface area contributed by atoms with Crippen molar-refractivity contribution < 1.29 is 14.7 Å². The summed E-state index contributed by atoms with van der Waals surface area (Å²) >= 11 is 0. The molecule has 0 bridgehead atoms. The molecule has 0 fully saturated rings. The highest BCUT2D eigenvalue weighted by Crippen LogP contribution is 2.38. The average molecular weight is 417 g/mol. The first-order valence-corrected chi connectivity index (χ1v) is 10.6. The topological polar surface area (TPSA) is 91.6 Å². The van der Waals surface area contributed by atoms with Crippen LogP contribution in [-0.2, 0) is 25.9 Å². The molecular formula is C24H23N3O4. The fraction of sp³-hybridized carbons (Fsp3) is 0.292. The predicted octanol–water partition coefficient (Wildman–Crippen LogP) is 3.31. The molecule has 0 atom stereocenters. The number of rotatable bonds is 3. The maximum atomic E-state index is 13.1. The van der Waals surface area contributed by atoms with Crippen molar-refractivity contribution in [3.05, 3.63) is 75.1 Å². The zero-order chi connectivity index (χ0) is 21.5. The summed E-state index contributed by atoms with van der Waals surface area (Å²) in [6.45, 7) is 1.72. The number of carbonyl (C=O) groups is 2. The van der Waals surface area contributed by atoms with Gasteiger partial charge in [-0.3, -0.25) is 9.69 Å². The molecule has 158 valence electrons. The number of urea groups is 1. The molecule has 31 heavy (non-hydrogen) atoms. The number of amides is 2. The molecular weight excluding hydrogens is 394 g/mol. The van der Waals surface area contributed by atoms with E-state index in [2.05, 4.69) is 5.32 Å². The second-order valence-corrected chi connectivity index (χ2v) is 8.13. The Hall–Kier alpha value is -3.61. The summed E-state index contributed by atoms with van der Waals surface area (Å²) in [5, 5.41) is 12.9. The van der Waals surface area contributed by atoms with Crippen LogP contribution in [0.25, 0.3) is 10.9 Å². The van der Waals surface area contributed by atoms with Gasteiger partial charge in [0.05, 0.1) is 11.2 Å².